The molecule has 0 fully saturated rings. The van der Waals surface area contributed by atoms with Gasteiger partial charge in [0.05, 0.1) is 11.6 Å². The summed E-state index contributed by atoms with van der Waals surface area (Å²) in [4.78, 5) is 12.3. The highest BCUT2D eigenvalue weighted by Crippen LogP contribution is 2.22. The third-order valence-corrected chi connectivity index (χ3v) is 3.83. The molecular formula is C19H16ClNO2. The summed E-state index contributed by atoms with van der Waals surface area (Å²) >= 11 is 6.01. The second kappa shape index (κ2) is 7.16. The lowest BCUT2D eigenvalue weighted by atomic mass is 10.0. The molecule has 1 amide bonds. The Morgan fingerprint density at radius 2 is 1.70 bits per heavy atom. The Labute approximate surface area is 139 Å². The van der Waals surface area contributed by atoms with Crippen molar-refractivity contribution >= 4 is 28.3 Å². The van der Waals surface area contributed by atoms with Gasteiger partial charge in [0.25, 0.3) is 5.91 Å². The summed E-state index contributed by atoms with van der Waals surface area (Å²) in [5, 5.41) is 5.43. The normalized spacial score (nSPS) is 10.5. The molecule has 0 spiro atoms. The Kier molecular flexibility index (Phi) is 4.79. The molecule has 0 heterocycles. The number of para-hydroxylation sites is 1. The van der Waals surface area contributed by atoms with E-state index in [0.717, 1.165) is 10.8 Å². The van der Waals surface area contributed by atoms with Crippen molar-refractivity contribution in [3.63, 3.8) is 0 Å². The summed E-state index contributed by atoms with van der Waals surface area (Å²) in [6.45, 7) is 0.771. The van der Waals surface area contributed by atoms with Crippen LogP contribution in [0.3, 0.4) is 0 Å². The van der Waals surface area contributed by atoms with Gasteiger partial charge in [-0.15, -0.1) is 0 Å². The van der Waals surface area contributed by atoms with Crippen LogP contribution in [0.2, 0.25) is 5.02 Å². The first-order valence-electron chi connectivity index (χ1n) is 7.39. The highest BCUT2D eigenvalue weighted by Gasteiger charge is 2.09. The largest absolute Gasteiger partial charge is 0.490 e. The van der Waals surface area contributed by atoms with Crippen LogP contribution in [0.1, 0.15) is 10.4 Å². The summed E-state index contributed by atoms with van der Waals surface area (Å²) in [5.41, 5.74) is 0.667. The van der Waals surface area contributed by atoms with E-state index in [1.807, 2.05) is 54.6 Å². The summed E-state index contributed by atoms with van der Waals surface area (Å²) in [6, 6.07) is 20.8. The van der Waals surface area contributed by atoms with Crippen molar-refractivity contribution in [2.45, 2.75) is 0 Å². The summed E-state index contributed by atoms with van der Waals surface area (Å²) in [7, 11) is 0. The van der Waals surface area contributed by atoms with E-state index in [2.05, 4.69) is 5.32 Å². The molecule has 0 aromatic heterocycles. The molecule has 23 heavy (non-hydrogen) atoms. The van der Waals surface area contributed by atoms with Crippen LogP contribution >= 0.6 is 11.6 Å². The Bertz CT molecular complexity index is 827. The Morgan fingerprint density at radius 3 is 2.57 bits per heavy atom. The lowest BCUT2D eigenvalue weighted by Gasteiger charge is -2.10. The molecule has 0 saturated carbocycles. The number of nitrogens with one attached hydrogen (secondary N) is 1. The van der Waals surface area contributed by atoms with Crippen molar-refractivity contribution in [3.05, 3.63) is 77.3 Å². The topological polar surface area (TPSA) is 38.3 Å². The predicted molar refractivity (Wildman–Crippen MR) is 93.2 cm³/mol. The molecule has 0 atom stereocenters. The van der Waals surface area contributed by atoms with E-state index in [1.54, 1.807) is 12.1 Å². The van der Waals surface area contributed by atoms with Crippen molar-refractivity contribution in [3.8, 4) is 5.75 Å². The van der Waals surface area contributed by atoms with Gasteiger partial charge in [-0.1, -0.05) is 60.1 Å². The minimum Gasteiger partial charge on any atom is -0.490 e. The van der Waals surface area contributed by atoms with Gasteiger partial charge in [0.1, 0.15) is 12.4 Å². The van der Waals surface area contributed by atoms with Crippen LogP contribution in [0, 0.1) is 0 Å². The molecule has 4 heteroatoms. The molecule has 0 aliphatic rings. The van der Waals surface area contributed by atoms with Crippen LogP contribution in [0.25, 0.3) is 10.8 Å². The SMILES string of the molecule is O=C(NCCOc1ccccc1Cl)c1cccc2ccccc12. The number of carbonyl (C=O) groups excluding carboxylic acids is 1. The minimum atomic E-state index is -0.107. The second-order valence-corrected chi connectivity index (χ2v) is 5.47. The zero-order valence-corrected chi connectivity index (χ0v) is 13.2. The highest BCUT2D eigenvalue weighted by atomic mass is 35.5. The first-order valence-corrected chi connectivity index (χ1v) is 7.77. The fourth-order valence-electron chi connectivity index (χ4n) is 2.41. The lowest BCUT2D eigenvalue weighted by Crippen LogP contribution is -2.28. The molecule has 3 aromatic rings. The molecule has 3 rings (SSSR count). The van der Waals surface area contributed by atoms with Crippen LogP contribution in [-0.2, 0) is 0 Å². The Balaban J connectivity index is 1.60. The quantitative estimate of drug-likeness (QED) is 0.710. The van der Waals surface area contributed by atoms with Crippen molar-refractivity contribution in [1.29, 1.82) is 0 Å². The average molecular weight is 326 g/mol. The van der Waals surface area contributed by atoms with E-state index in [-0.39, 0.29) is 5.91 Å². The fraction of sp³-hybridized carbons (Fsp3) is 0.105. The standard InChI is InChI=1S/C19H16ClNO2/c20-17-10-3-4-11-18(17)23-13-12-21-19(22)16-9-5-7-14-6-1-2-8-15(14)16/h1-11H,12-13H2,(H,21,22). The van der Waals surface area contributed by atoms with Crippen molar-refractivity contribution in [2.75, 3.05) is 13.2 Å². The summed E-state index contributed by atoms with van der Waals surface area (Å²) in [5.74, 6) is 0.512. The molecule has 3 aromatic carbocycles. The van der Waals surface area contributed by atoms with Gasteiger partial charge >= 0.3 is 0 Å². The third-order valence-electron chi connectivity index (χ3n) is 3.52. The molecular weight excluding hydrogens is 310 g/mol. The van der Waals surface area contributed by atoms with Gasteiger partial charge in [0.2, 0.25) is 0 Å². The number of fused-ring (bicyclic) bond motifs is 1. The maximum Gasteiger partial charge on any atom is 0.252 e. The number of amides is 1. The monoisotopic (exact) mass is 325 g/mol. The highest BCUT2D eigenvalue weighted by molar-refractivity contribution is 6.32. The van der Waals surface area contributed by atoms with Gasteiger partial charge in [-0.05, 0) is 29.0 Å². The van der Waals surface area contributed by atoms with Gasteiger partial charge in [-0.25, -0.2) is 0 Å². The first-order chi connectivity index (χ1) is 11.3. The van der Waals surface area contributed by atoms with E-state index in [4.69, 9.17) is 16.3 Å². The first kappa shape index (κ1) is 15.4. The molecule has 116 valence electrons. The van der Waals surface area contributed by atoms with Crippen molar-refractivity contribution < 1.29 is 9.53 Å². The minimum absolute atomic E-state index is 0.107. The molecule has 0 bridgehead atoms. The zero-order chi connectivity index (χ0) is 16.1. The number of hydrogen-bond donors (Lipinski definition) is 1. The summed E-state index contributed by atoms with van der Waals surface area (Å²) in [6.07, 6.45) is 0. The lowest BCUT2D eigenvalue weighted by molar-refractivity contribution is 0.0948. The number of benzene rings is 3. The Hall–Kier alpha value is -2.52. The fourth-order valence-corrected chi connectivity index (χ4v) is 2.60. The van der Waals surface area contributed by atoms with Crippen LogP contribution in [-0.4, -0.2) is 19.1 Å². The Morgan fingerprint density at radius 1 is 0.957 bits per heavy atom. The van der Waals surface area contributed by atoms with E-state index in [1.165, 1.54) is 0 Å². The van der Waals surface area contributed by atoms with Crippen LogP contribution in [0.5, 0.6) is 5.75 Å². The van der Waals surface area contributed by atoms with Crippen LogP contribution < -0.4 is 10.1 Å². The van der Waals surface area contributed by atoms with Gasteiger partial charge in [-0.3, -0.25) is 4.79 Å². The number of halogens is 1. The zero-order valence-electron chi connectivity index (χ0n) is 12.5. The van der Waals surface area contributed by atoms with Crippen molar-refractivity contribution in [2.24, 2.45) is 0 Å². The maximum atomic E-state index is 12.3. The number of hydrogen-bond acceptors (Lipinski definition) is 2. The van der Waals surface area contributed by atoms with Gasteiger partial charge in [0, 0.05) is 5.56 Å². The van der Waals surface area contributed by atoms with Crippen molar-refractivity contribution in [1.82, 2.24) is 5.32 Å². The third kappa shape index (κ3) is 3.63. The predicted octanol–water partition coefficient (Wildman–Crippen LogP) is 4.30. The van der Waals surface area contributed by atoms with Gasteiger partial charge in [0.15, 0.2) is 0 Å². The van der Waals surface area contributed by atoms with E-state index in [9.17, 15) is 4.79 Å². The summed E-state index contributed by atoms with van der Waals surface area (Å²) < 4.78 is 5.56. The molecule has 0 radical (unpaired) electrons. The molecule has 0 unspecified atom stereocenters. The number of carbonyl (C=O) groups is 1. The van der Waals surface area contributed by atoms with Crippen LogP contribution in [0.4, 0.5) is 0 Å². The average Bonchev–Trinajstić information content (AvgIpc) is 2.59. The number of ether oxygens (including phenoxy) is 1. The molecule has 1 N–H and O–H groups in total. The van der Waals surface area contributed by atoms with E-state index in [0.29, 0.717) is 29.5 Å². The molecule has 0 saturated heterocycles. The molecule has 0 aliphatic heterocycles. The smallest absolute Gasteiger partial charge is 0.252 e. The van der Waals surface area contributed by atoms with Crippen LogP contribution in [0.15, 0.2) is 66.7 Å². The van der Waals surface area contributed by atoms with Gasteiger partial charge < -0.3 is 10.1 Å². The number of rotatable bonds is 5. The second-order valence-electron chi connectivity index (χ2n) is 5.06. The molecule has 3 nitrogen and oxygen atoms in total. The van der Waals surface area contributed by atoms with E-state index < -0.39 is 0 Å². The molecule has 0 aliphatic carbocycles. The maximum absolute atomic E-state index is 12.3. The van der Waals surface area contributed by atoms with Gasteiger partial charge in [-0.2, -0.15) is 0 Å². The van der Waals surface area contributed by atoms with E-state index >= 15 is 0 Å².